The summed E-state index contributed by atoms with van der Waals surface area (Å²) in [5.74, 6) is 0.186. The van der Waals surface area contributed by atoms with Crippen molar-refractivity contribution in [3.8, 4) is 0 Å². The van der Waals surface area contributed by atoms with Crippen molar-refractivity contribution in [1.82, 2.24) is 19.9 Å². The maximum Gasteiger partial charge on any atom is 0.278 e. The lowest BCUT2D eigenvalue weighted by Gasteiger charge is -2.32. The standard InChI is InChI=1S/C22H31N5O2S/c28-19(23-16-9-3-1-2-4-10-16)15-8-7-13-26(14-15)22-25-27-20(29)17-11-5-6-12-18(17)24-21(27)30-22/h15-16H,1-14H2,(H,23,28)/t15-/m0/s1. The minimum atomic E-state index is -0.00750. The molecule has 0 radical (unpaired) electrons. The number of carbonyl (C=O) groups is 1. The van der Waals surface area contributed by atoms with Crippen LogP contribution in [0.2, 0.25) is 0 Å². The van der Waals surface area contributed by atoms with Gasteiger partial charge in [-0.3, -0.25) is 9.59 Å². The van der Waals surface area contributed by atoms with Crippen molar-refractivity contribution in [2.45, 2.75) is 83.1 Å². The van der Waals surface area contributed by atoms with Crippen LogP contribution in [0.4, 0.5) is 5.13 Å². The fourth-order valence-corrected chi connectivity index (χ4v) is 6.14. The van der Waals surface area contributed by atoms with Crippen LogP contribution in [0.15, 0.2) is 4.79 Å². The van der Waals surface area contributed by atoms with Gasteiger partial charge in [-0.15, -0.1) is 5.10 Å². The molecule has 0 bridgehead atoms. The van der Waals surface area contributed by atoms with Gasteiger partial charge in [-0.05, 0) is 51.4 Å². The minimum absolute atomic E-state index is 0.00290. The summed E-state index contributed by atoms with van der Waals surface area (Å²) >= 11 is 1.48. The van der Waals surface area contributed by atoms with E-state index in [1.165, 1.54) is 41.5 Å². The van der Waals surface area contributed by atoms with Crippen molar-refractivity contribution in [2.75, 3.05) is 18.0 Å². The van der Waals surface area contributed by atoms with Crippen LogP contribution in [-0.4, -0.2) is 39.6 Å². The van der Waals surface area contributed by atoms with Gasteiger partial charge in [-0.25, -0.2) is 4.98 Å². The monoisotopic (exact) mass is 429 g/mol. The van der Waals surface area contributed by atoms with Gasteiger partial charge in [-0.2, -0.15) is 4.52 Å². The number of carbonyl (C=O) groups excluding carboxylic acids is 1. The zero-order valence-corrected chi connectivity index (χ0v) is 18.4. The van der Waals surface area contributed by atoms with E-state index in [-0.39, 0.29) is 17.4 Å². The fourth-order valence-electron chi connectivity index (χ4n) is 5.20. The number of nitrogens with one attached hydrogen (secondary N) is 1. The third-order valence-electron chi connectivity index (χ3n) is 6.93. The van der Waals surface area contributed by atoms with Crippen LogP contribution in [0.3, 0.4) is 0 Å². The average Bonchev–Trinajstić information content (AvgIpc) is 3.04. The first-order chi connectivity index (χ1) is 14.7. The smallest absolute Gasteiger partial charge is 0.278 e. The van der Waals surface area contributed by atoms with E-state index in [2.05, 4.69) is 15.3 Å². The summed E-state index contributed by atoms with van der Waals surface area (Å²) in [5.41, 5.74) is 1.80. The van der Waals surface area contributed by atoms with Crippen molar-refractivity contribution in [3.63, 3.8) is 0 Å². The third kappa shape index (κ3) is 3.98. The molecule has 3 heterocycles. The first-order valence-electron chi connectivity index (χ1n) is 11.7. The predicted octanol–water partition coefficient (Wildman–Crippen LogP) is 3.09. The van der Waals surface area contributed by atoms with E-state index in [0.29, 0.717) is 17.5 Å². The van der Waals surface area contributed by atoms with Crippen LogP contribution < -0.4 is 15.8 Å². The van der Waals surface area contributed by atoms with Gasteiger partial charge in [0.15, 0.2) is 0 Å². The summed E-state index contributed by atoms with van der Waals surface area (Å²) in [6.07, 6.45) is 13.0. The predicted molar refractivity (Wildman–Crippen MR) is 118 cm³/mol. The summed E-state index contributed by atoms with van der Waals surface area (Å²) in [7, 11) is 0. The Balaban J connectivity index is 1.32. The van der Waals surface area contributed by atoms with E-state index in [9.17, 15) is 9.59 Å². The number of hydrogen-bond acceptors (Lipinski definition) is 6. The Kier molecular flexibility index (Phi) is 5.76. The Hall–Kier alpha value is -1.96. The maximum atomic E-state index is 12.9. The molecule has 1 N–H and O–H groups in total. The summed E-state index contributed by atoms with van der Waals surface area (Å²) in [5, 5.41) is 8.76. The molecule has 8 heteroatoms. The van der Waals surface area contributed by atoms with Gasteiger partial charge >= 0.3 is 0 Å². The molecule has 0 unspecified atom stereocenters. The Morgan fingerprint density at radius 2 is 1.80 bits per heavy atom. The first-order valence-corrected chi connectivity index (χ1v) is 12.5. The topological polar surface area (TPSA) is 79.6 Å². The number of fused-ring (bicyclic) bond motifs is 2. The zero-order valence-electron chi connectivity index (χ0n) is 17.6. The Morgan fingerprint density at radius 3 is 2.63 bits per heavy atom. The molecule has 1 aliphatic heterocycles. The highest BCUT2D eigenvalue weighted by Gasteiger charge is 2.29. The molecule has 2 aliphatic carbocycles. The van der Waals surface area contributed by atoms with Crippen molar-refractivity contribution >= 4 is 27.3 Å². The summed E-state index contributed by atoms with van der Waals surface area (Å²) in [6, 6.07) is 0.340. The van der Waals surface area contributed by atoms with Gasteiger partial charge in [-0.1, -0.05) is 37.0 Å². The second-order valence-electron chi connectivity index (χ2n) is 9.11. The Morgan fingerprint density at radius 1 is 1.00 bits per heavy atom. The molecule has 2 aromatic heterocycles. The summed E-state index contributed by atoms with van der Waals surface area (Å²) < 4.78 is 1.49. The second-order valence-corrected chi connectivity index (χ2v) is 10.0. The highest BCUT2D eigenvalue weighted by Crippen LogP contribution is 2.28. The van der Waals surface area contributed by atoms with Crippen LogP contribution >= 0.6 is 11.3 Å². The van der Waals surface area contributed by atoms with Crippen molar-refractivity contribution in [2.24, 2.45) is 5.92 Å². The van der Waals surface area contributed by atoms with Gasteiger partial charge in [0.2, 0.25) is 16.0 Å². The molecule has 3 aliphatic rings. The summed E-state index contributed by atoms with van der Waals surface area (Å²) in [6.45, 7) is 1.55. The van der Waals surface area contributed by atoms with Crippen LogP contribution in [0.25, 0.3) is 4.96 Å². The molecule has 5 rings (SSSR count). The molecule has 1 saturated heterocycles. The highest BCUT2D eigenvalue weighted by molar-refractivity contribution is 7.20. The van der Waals surface area contributed by atoms with Gasteiger partial charge in [0.1, 0.15) is 0 Å². The van der Waals surface area contributed by atoms with Gasteiger partial charge < -0.3 is 10.2 Å². The molecule has 0 spiro atoms. The lowest BCUT2D eigenvalue weighted by Crippen LogP contribution is -2.46. The van der Waals surface area contributed by atoms with Crippen molar-refractivity contribution in [3.05, 3.63) is 21.6 Å². The van der Waals surface area contributed by atoms with E-state index >= 15 is 0 Å². The normalized spacial score (nSPS) is 23.2. The van der Waals surface area contributed by atoms with E-state index in [0.717, 1.165) is 74.3 Å². The number of aryl methyl sites for hydroxylation is 1. The fraction of sp³-hybridized carbons (Fsp3) is 0.727. The van der Waals surface area contributed by atoms with Crippen molar-refractivity contribution < 1.29 is 4.79 Å². The minimum Gasteiger partial charge on any atom is -0.353 e. The van der Waals surface area contributed by atoms with Gasteiger partial charge in [0.05, 0.1) is 11.6 Å². The lowest BCUT2D eigenvalue weighted by molar-refractivity contribution is -0.126. The number of amides is 1. The number of nitrogens with zero attached hydrogens (tertiary/aromatic N) is 4. The van der Waals surface area contributed by atoms with E-state index in [1.54, 1.807) is 0 Å². The number of rotatable bonds is 3. The second kappa shape index (κ2) is 8.65. The molecule has 2 fully saturated rings. The first kappa shape index (κ1) is 20.0. The Bertz CT molecular complexity index is 976. The summed E-state index contributed by atoms with van der Waals surface area (Å²) in [4.78, 5) is 33.4. The molecule has 7 nitrogen and oxygen atoms in total. The van der Waals surface area contributed by atoms with Gasteiger partial charge in [0.25, 0.3) is 5.56 Å². The molecule has 1 amide bonds. The molecular weight excluding hydrogens is 398 g/mol. The largest absolute Gasteiger partial charge is 0.353 e. The number of aromatic nitrogens is 3. The quantitative estimate of drug-likeness (QED) is 0.759. The average molecular weight is 430 g/mol. The Labute approximate surface area is 180 Å². The maximum absolute atomic E-state index is 12.9. The van der Waals surface area contributed by atoms with Gasteiger partial charge in [0, 0.05) is 24.7 Å². The molecule has 30 heavy (non-hydrogen) atoms. The van der Waals surface area contributed by atoms with Crippen LogP contribution in [-0.2, 0) is 17.6 Å². The van der Waals surface area contributed by atoms with Crippen LogP contribution in [0, 0.1) is 5.92 Å². The SMILES string of the molecule is O=C(NC1CCCCCC1)[C@H]1CCCN(c2nn3c(=O)c4c(nc3s2)CCCC4)C1. The molecule has 1 atom stereocenters. The number of hydrogen-bond donors (Lipinski definition) is 1. The lowest BCUT2D eigenvalue weighted by atomic mass is 9.96. The molecular formula is C22H31N5O2S. The van der Waals surface area contributed by atoms with E-state index in [4.69, 9.17) is 4.98 Å². The number of anilines is 1. The molecule has 1 saturated carbocycles. The molecule has 2 aromatic rings. The highest BCUT2D eigenvalue weighted by atomic mass is 32.1. The van der Waals surface area contributed by atoms with Crippen LogP contribution in [0.5, 0.6) is 0 Å². The third-order valence-corrected chi connectivity index (χ3v) is 7.90. The van der Waals surface area contributed by atoms with E-state index < -0.39 is 0 Å². The molecule has 0 aromatic carbocycles. The van der Waals surface area contributed by atoms with Crippen molar-refractivity contribution in [1.29, 1.82) is 0 Å². The van der Waals surface area contributed by atoms with E-state index in [1.807, 2.05) is 0 Å². The zero-order chi connectivity index (χ0) is 20.5. The van der Waals surface area contributed by atoms with Crippen LogP contribution in [0.1, 0.15) is 75.5 Å². The number of piperidine rings is 1. The molecule has 162 valence electrons.